The van der Waals surface area contributed by atoms with Gasteiger partial charge in [-0.15, -0.1) is 0 Å². The maximum atomic E-state index is 13.3. The molecule has 0 spiro atoms. The fraction of sp³-hybridized carbons (Fsp3) is 0.391. The van der Waals surface area contributed by atoms with E-state index >= 15 is 0 Å². The number of para-hydroxylation sites is 1. The third-order valence-electron chi connectivity index (χ3n) is 4.92. The minimum Gasteiger partial charge on any atom is -0.354 e. The molecule has 8 heteroatoms. The molecule has 0 aliphatic rings. The molecule has 0 radical (unpaired) electrons. The second kappa shape index (κ2) is 11.5. The molecule has 7 nitrogen and oxygen atoms in total. The van der Waals surface area contributed by atoms with Crippen LogP contribution >= 0.6 is 0 Å². The minimum absolute atomic E-state index is 0.256. The minimum atomic E-state index is -3.69. The predicted octanol–water partition coefficient (Wildman–Crippen LogP) is 2.44. The van der Waals surface area contributed by atoms with E-state index < -0.39 is 22.0 Å². The number of benzene rings is 2. The van der Waals surface area contributed by atoms with Gasteiger partial charge < -0.3 is 10.2 Å². The van der Waals surface area contributed by atoms with Gasteiger partial charge in [0.05, 0.1) is 11.9 Å². The molecule has 0 saturated carbocycles. The fourth-order valence-electron chi connectivity index (χ4n) is 3.17. The number of amides is 2. The van der Waals surface area contributed by atoms with Crippen molar-refractivity contribution < 1.29 is 18.0 Å². The van der Waals surface area contributed by atoms with E-state index in [1.54, 1.807) is 37.3 Å². The highest BCUT2D eigenvalue weighted by Gasteiger charge is 2.29. The molecular weight excluding hydrogens is 414 g/mol. The van der Waals surface area contributed by atoms with Crippen LogP contribution in [0.15, 0.2) is 60.7 Å². The molecule has 2 aromatic carbocycles. The standard InChI is InChI=1S/C23H31N3O4S/c1-4-16-24-23(28)19(2)25(17-15-20-11-7-5-8-12-20)22(27)18-26(31(3,29)30)21-13-9-6-10-14-21/h5-14,19H,4,15-18H2,1-3H3,(H,24,28)/t19-/m0/s1. The summed E-state index contributed by atoms with van der Waals surface area (Å²) in [5.41, 5.74) is 1.44. The molecule has 31 heavy (non-hydrogen) atoms. The van der Waals surface area contributed by atoms with Crippen molar-refractivity contribution in [1.82, 2.24) is 10.2 Å². The molecular formula is C23H31N3O4S. The smallest absolute Gasteiger partial charge is 0.244 e. The van der Waals surface area contributed by atoms with Gasteiger partial charge in [-0.3, -0.25) is 13.9 Å². The summed E-state index contributed by atoms with van der Waals surface area (Å²) in [6.07, 6.45) is 2.41. The number of anilines is 1. The lowest BCUT2D eigenvalue weighted by molar-refractivity contribution is -0.138. The van der Waals surface area contributed by atoms with Gasteiger partial charge in [0.15, 0.2) is 0 Å². The molecule has 0 aliphatic heterocycles. The lowest BCUT2D eigenvalue weighted by Gasteiger charge is -2.31. The van der Waals surface area contributed by atoms with Gasteiger partial charge in [0.1, 0.15) is 12.6 Å². The largest absolute Gasteiger partial charge is 0.354 e. The van der Waals surface area contributed by atoms with Gasteiger partial charge in [-0.25, -0.2) is 8.42 Å². The van der Waals surface area contributed by atoms with Gasteiger partial charge in [-0.05, 0) is 37.5 Å². The Balaban J connectivity index is 2.25. The predicted molar refractivity (Wildman–Crippen MR) is 123 cm³/mol. The normalized spacial score (nSPS) is 12.1. The van der Waals surface area contributed by atoms with E-state index in [2.05, 4.69) is 5.32 Å². The summed E-state index contributed by atoms with van der Waals surface area (Å²) < 4.78 is 25.9. The Labute approximate surface area is 185 Å². The van der Waals surface area contributed by atoms with Gasteiger partial charge >= 0.3 is 0 Å². The molecule has 1 atom stereocenters. The summed E-state index contributed by atoms with van der Waals surface area (Å²) in [6, 6.07) is 17.4. The lowest BCUT2D eigenvalue weighted by Crippen LogP contribution is -2.52. The lowest BCUT2D eigenvalue weighted by atomic mass is 10.1. The second-order valence-electron chi connectivity index (χ2n) is 7.39. The Hall–Kier alpha value is -2.87. The molecule has 1 N–H and O–H groups in total. The Morgan fingerprint density at radius 3 is 2.13 bits per heavy atom. The maximum absolute atomic E-state index is 13.3. The monoisotopic (exact) mass is 445 g/mol. The van der Waals surface area contributed by atoms with Gasteiger partial charge in [0, 0.05) is 13.1 Å². The van der Waals surface area contributed by atoms with Crippen LogP contribution in [0, 0.1) is 0 Å². The summed E-state index contributed by atoms with van der Waals surface area (Å²) in [7, 11) is -3.69. The Kier molecular flexibility index (Phi) is 9.05. The molecule has 0 aliphatic carbocycles. The van der Waals surface area contributed by atoms with Crippen LogP contribution in [0.2, 0.25) is 0 Å². The number of hydrogen-bond acceptors (Lipinski definition) is 4. The average Bonchev–Trinajstić information content (AvgIpc) is 2.76. The molecule has 0 saturated heterocycles. The third-order valence-corrected chi connectivity index (χ3v) is 6.06. The number of nitrogens with zero attached hydrogens (tertiary/aromatic N) is 2. The second-order valence-corrected chi connectivity index (χ2v) is 9.30. The number of nitrogens with one attached hydrogen (secondary N) is 1. The molecule has 0 unspecified atom stereocenters. The highest BCUT2D eigenvalue weighted by molar-refractivity contribution is 7.92. The highest BCUT2D eigenvalue weighted by Crippen LogP contribution is 2.17. The number of hydrogen-bond donors (Lipinski definition) is 1. The summed E-state index contributed by atoms with van der Waals surface area (Å²) in [4.78, 5) is 27.3. The third kappa shape index (κ3) is 7.40. The van der Waals surface area contributed by atoms with E-state index in [1.165, 1.54) is 4.90 Å². The topological polar surface area (TPSA) is 86.8 Å². The molecule has 0 heterocycles. The zero-order valence-electron chi connectivity index (χ0n) is 18.3. The molecule has 0 aromatic heterocycles. The maximum Gasteiger partial charge on any atom is 0.244 e. The SMILES string of the molecule is CCCNC(=O)[C@H](C)N(CCc1ccccc1)C(=O)CN(c1ccccc1)S(C)(=O)=O. The van der Waals surface area contributed by atoms with Crippen LogP contribution in [-0.2, 0) is 26.0 Å². The Morgan fingerprint density at radius 2 is 1.58 bits per heavy atom. The van der Waals surface area contributed by atoms with Crippen molar-refractivity contribution in [3.63, 3.8) is 0 Å². The molecule has 0 bridgehead atoms. The zero-order chi connectivity index (χ0) is 22.9. The summed E-state index contributed by atoms with van der Waals surface area (Å²) in [5, 5.41) is 2.82. The van der Waals surface area contributed by atoms with Crippen LogP contribution in [0.25, 0.3) is 0 Å². The Bertz CT molecular complexity index is 949. The van der Waals surface area contributed by atoms with E-state index in [4.69, 9.17) is 0 Å². The van der Waals surface area contributed by atoms with Crippen LogP contribution in [-0.4, -0.2) is 57.1 Å². The van der Waals surface area contributed by atoms with Crippen molar-refractivity contribution in [2.75, 3.05) is 30.2 Å². The van der Waals surface area contributed by atoms with Crippen molar-refractivity contribution in [2.24, 2.45) is 0 Å². The van der Waals surface area contributed by atoms with Crippen molar-refractivity contribution in [3.05, 3.63) is 66.2 Å². The van der Waals surface area contributed by atoms with Crippen molar-refractivity contribution in [2.45, 2.75) is 32.7 Å². The first kappa shape index (κ1) is 24.4. The zero-order valence-corrected chi connectivity index (χ0v) is 19.1. The van der Waals surface area contributed by atoms with E-state index in [-0.39, 0.29) is 12.5 Å². The number of sulfonamides is 1. The van der Waals surface area contributed by atoms with Crippen LogP contribution in [0.4, 0.5) is 5.69 Å². The van der Waals surface area contributed by atoms with E-state index in [0.717, 1.165) is 22.5 Å². The van der Waals surface area contributed by atoms with Gasteiger partial charge in [-0.1, -0.05) is 55.5 Å². The first-order valence-electron chi connectivity index (χ1n) is 10.4. The van der Waals surface area contributed by atoms with Crippen molar-refractivity contribution in [1.29, 1.82) is 0 Å². The summed E-state index contributed by atoms with van der Waals surface area (Å²) >= 11 is 0. The van der Waals surface area contributed by atoms with Crippen LogP contribution in [0.3, 0.4) is 0 Å². The molecule has 0 fully saturated rings. The average molecular weight is 446 g/mol. The Morgan fingerprint density at radius 1 is 1.00 bits per heavy atom. The molecule has 2 rings (SSSR count). The van der Waals surface area contributed by atoms with Crippen LogP contribution in [0.5, 0.6) is 0 Å². The number of carbonyl (C=O) groups excluding carboxylic acids is 2. The first-order chi connectivity index (χ1) is 14.7. The van der Waals surface area contributed by atoms with Gasteiger partial charge in [0.25, 0.3) is 0 Å². The number of rotatable bonds is 11. The highest BCUT2D eigenvalue weighted by atomic mass is 32.2. The van der Waals surface area contributed by atoms with Crippen LogP contribution in [0.1, 0.15) is 25.8 Å². The van der Waals surface area contributed by atoms with Gasteiger partial charge in [0.2, 0.25) is 21.8 Å². The van der Waals surface area contributed by atoms with Crippen molar-refractivity contribution >= 4 is 27.5 Å². The fourth-order valence-corrected chi connectivity index (χ4v) is 4.02. The van der Waals surface area contributed by atoms with E-state index in [1.807, 2.05) is 37.3 Å². The van der Waals surface area contributed by atoms with E-state index in [9.17, 15) is 18.0 Å². The van der Waals surface area contributed by atoms with E-state index in [0.29, 0.717) is 25.2 Å². The van der Waals surface area contributed by atoms with Crippen molar-refractivity contribution in [3.8, 4) is 0 Å². The molecule has 2 amide bonds. The van der Waals surface area contributed by atoms with Crippen LogP contribution < -0.4 is 9.62 Å². The summed E-state index contributed by atoms with van der Waals surface area (Å²) in [6.45, 7) is 4.07. The first-order valence-corrected chi connectivity index (χ1v) is 12.2. The van der Waals surface area contributed by atoms with Gasteiger partial charge in [-0.2, -0.15) is 0 Å². The quantitative estimate of drug-likeness (QED) is 0.576. The summed E-state index contributed by atoms with van der Waals surface area (Å²) in [5.74, 6) is -0.682. The number of carbonyl (C=O) groups is 2. The molecule has 168 valence electrons. The molecule has 2 aromatic rings.